The molecule has 4 heteroatoms. The lowest BCUT2D eigenvalue weighted by Crippen LogP contribution is -2.13. The van der Waals surface area contributed by atoms with Gasteiger partial charge in [0.05, 0.1) is 11.1 Å². The number of pyridine rings is 1. The maximum absolute atomic E-state index is 11.8. The van der Waals surface area contributed by atoms with Crippen LogP contribution in [0.1, 0.15) is 21.5 Å². The zero-order chi connectivity index (χ0) is 13.0. The molecule has 4 nitrogen and oxygen atoms in total. The molecule has 1 heterocycles. The molecule has 0 radical (unpaired) electrons. The Morgan fingerprint density at radius 1 is 1.28 bits per heavy atom. The summed E-state index contributed by atoms with van der Waals surface area (Å²) in [4.78, 5) is 26.0. The molecule has 0 amide bonds. The predicted octanol–water partition coefficient (Wildman–Crippen LogP) is 2.04. The van der Waals surface area contributed by atoms with E-state index in [9.17, 15) is 9.59 Å². The van der Waals surface area contributed by atoms with Crippen LogP contribution in [0.4, 0.5) is 0 Å². The van der Waals surface area contributed by atoms with E-state index in [1.807, 2.05) is 19.1 Å². The van der Waals surface area contributed by atoms with Crippen molar-refractivity contribution in [1.29, 1.82) is 0 Å². The minimum atomic E-state index is -0.420. The number of esters is 1. The first kappa shape index (κ1) is 12.1. The van der Waals surface area contributed by atoms with Gasteiger partial charge in [0.1, 0.15) is 6.61 Å². The van der Waals surface area contributed by atoms with Gasteiger partial charge in [-0.15, -0.1) is 0 Å². The molecule has 0 bridgehead atoms. The van der Waals surface area contributed by atoms with E-state index in [2.05, 4.69) is 4.98 Å². The highest BCUT2D eigenvalue weighted by Gasteiger charge is 2.10. The second-order valence-corrected chi connectivity index (χ2v) is 3.92. The van der Waals surface area contributed by atoms with Gasteiger partial charge in [-0.3, -0.25) is 4.79 Å². The Bertz CT molecular complexity index is 616. The van der Waals surface area contributed by atoms with Crippen molar-refractivity contribution in [3.05, 3.63) is 69.6 Å². The number of hydrogen-bond acceptors (Lipinski definition) is 3. The third-order valence-corrected chi connectivity index (χ3v) is 2.63. The molecule has 0 spiro atoms. The minimum Gasteiger partial charge on any atom is -0.457 e. The molecule has 0 atom stereocenters. The second-order valence-electron chi connectivity index (χ2n) is 3.92. The molecule has 0 aliphatic carbocycles. The number of aromatic amines is 1. The van der Waals surface area contributed by atoms with Crippen LogP contribution in [0.15, 0.2) is 47.5 Å². The summed E-state index contributed by atoms with van der Waals surface area (Å²) >= 11 is 0. The van der Waals surface area contributed by atoms with Crippen LogP contribution in [0.2, 0.25) is 0 Å². The molecular formula is C14H13NO3. The van der Waals surface area contributed by atoms with Crippen molar-refractivity contribution in [3.63, 3.8) is 0 Å². The molecule has 1 aromatic heterocycles. The number of aryl methyl sites for hydroxylation is 1. The molecule has 0 aliphatic rings. The van der Waals surface area contributed by atoms with E-state index < -0.39 is 5.97 Å². The molecule has 0 saturated carbocycles. The summed E-state index contributed by atoms with van der Waals surface area (Å²) in [6.07, 6.45) is 3.07. The smallest absolute Gasteiger partial charge is 0.338 e. The highest BCUT2D eigenvalue weighted by atomic mass is 16.5. The molecule has 0 saturated heterocycles. The molecule has 92 valence electrons. The van der Waals surface area contributed by atoms with Gasteiger partial charge >= 0.3 is 5.97 Å². The van der Waals surface area contributed by atoms with Crippen molar-refractivity contribution in [2.24, 2.45) is 0 Å². The van der Waals surface area contributed by atoms with E-state index in [0.29, 0.717) is 11.1 Å². The number of rotatable bonds is 3. The first-order valence-corrected chi connectivity index (χ1v) is 5.57. The normalized spacial score (nSPS) is 10.1. The Hall–Kier alpha value is -2.36. The number of ether oxygens (including phenoxy) is 1. The Balaban J connectivity index is 2.08. The van der Waals surface area contributed by atoms with Crippen molar-refractivity contribution in [2.75, 3.05) is 0 Å². The maximum atomic E-state index is 11.8. The lowest BCUT2D eigenvalue weighted by Gasteiger charge is -2.06. The molecule has 0 aliphatic heterocycles. The Morgan fingerprint density at radius 3 is 2.78 bits per heavy atom. The van der Waals surface area contributed by atoms with E-state index in [0.717, 1.165) is 5.56 Å². The average Bonchev–Trinajstić information content (AvgIpc) is 2.38. The topological polar surface area (TPSA) is 59.2 Å². The standard InChI is InChI=1S/C14H13NO3/c1-10-4-2-3-5-12(10)14(17)18-9-11-8-15-7-6-13(11)16/h2-8H,9H2,1H3,(H,15,16). The summed E-state index contributed by atoms with van der Waals surface area (Å²) in [6.45, 7) is 1.81. The predicted molar refractivity (Wildman–Crippen MR) is 67.4 cm³/mol. The fourth-order valence-electron chi connectivity index (χ4n) is 1.59. The molecule has 0 fully saturated rings. The van der Waals surface area contributed by atoms with Crippen LogP contribution in [0.25, 0.3) is 0 Å². The summed E-state index contributed by atoms with van der Waals surface area (Å²) in [6, 6.07) is 8.57. The summed E-state index contributed by atoms with van der Waals surface area (Å²) < 4.78 is 5.12. The molecule has 1 N–H and O–H groups in total. The molecule has 2 rings (SSSR count). The quantitative estimate of drug-likeness (QED) is 0.839. The van der Waals surface area contributed by atoms with Crippen LogP contribution >= 0.6 is 0 Å². The van der Waals surface area contributed by atoms with Gasteiger partial charge < -0.3 is 9.72 Å². The van der Waals surface area contributed by atoms with Gasteiger partial charge in [-0.1, -0.05) is 18.2 Å². The highest BCUT2D eigenvalue weighted by molar-refractivity contribution is 5.90. The largest absolute Gasteiger partial charge is 0.457 e. The second kappa shape index (κ2) is 5.31. The van der Waals surface area contributed by atoms with Gasteiger partial charge in [0.25, 0.3) is 0 Å². The summed E-state index contributed by atoms with van der Waals surface area (Å²) in [7, 11) is 0. The molecule has 0 unspecified atom stereocenters. The number of carbonyl (C=O) groups is 1. The molecular weight excluding hydrogens is 230 g/mol. The first-order valence-electron chi connectivity index (χ1n) is 5.57. The van der Waals surface area contributed by atoms with E-state index in [1.54, 1.807) is 12.1 Å². The van der Waals surface area contributed by atoms with Crippen LogP contribution in [0.3, 0.4) is 0 Å². The van der Waals surface area contributed by atoms with Crippen LogP contribution in [-0.4, -0.2) is 11.0 Å². The Labute approximate surface area is 104 Å². The summed E-state index contributed by atoms with van der Waals surface area (Å²) in [5.74, 6) is -0.420. The Morgan fingerprint density at radius 2 is 2.06 bits per heavy atom. The molecule has 18 heavy (non-hydrogen) atoms. The molecule has 2 aromatic rings. The van der Waals surface area contributed by atoms with Crippen molar-refractivity contribution >= 4 is 5.97 Å². The van der Waals surface area contributed by atoms with Crippen molar-refractivity contribution in [1.82, 2.24) is 4.98 Å². The van der Waals surface area contributed by atoms with E-state index >= 15 is 0 Å². The zero-order valence-corrected chi connectivity index (χ0v) is 9.97. The summed E-state index contributed by atoms with van der Waals surface area (Å²) in [5, 5.41) is 0. The number of nitrogens with one attached hydrogen (secondary N) is 1. The first-order chi connectivity index (χ1) is 8.68. The van der Waals surface area contributed by atoms with Crippen molar-refractivity contribution in [2.45, 2.75) is 13.5 Å². The number of hydrogen-bond donors (Lipinski definition) is 1. The minimum absolute atomic E-state index is 0.0245. The number of aromatic nitrogens is 1. The third-order valence-electron chi connectivity index (χ3n) is 2.63. The molecule has 1 aromatic carbocycles. The summed E-state index contributed by atoms with van der Waals surface area (Å²) in [5.41, 5.74) is 1.65. The highest BCUT2D eigenvalue weighted by Crippen LogP contribution is 2.09. The fraction of sp³-hybridized carbons (Fsp3) is 0.143. The lowest BCUT2D eigenvalue weighted by atomic mass is 10.1. The van der Waals surface area contributed by atoms with E-state index in [4.69, 9.17) is 4.74 Å². The number of carbonyl (C=O) groups excluding carboxylic acids is 1. The van der Waals surface area contributed by atoms with Crippen LogP contribution in [0.5, 0.6) is 0 Å². The fourth-order valence-corrected chi connectivity index (χ4v) is 1.59. The van der Waals surface area contributed by atoms with Gasteiger partial charge in [-0.05, 0) is 18.6 Å². The van der Waals surface area contributed by atoms with Gasteiger partial charge in [0.15, 0.2) is 5.43 Å². The van der Waals surface area contributed by atoms with E-state index in [1.165, 1.54) is 18.5 Å². The average molecular weight is 243 g/mol. The monoisotopic (exact) mass is 243 g/mol. The van der Waals surface area contributed by atoms with Crippen molar-refractivity contribution < 1.29 is 9.53 Å². The number of H-pyrrole nitrogens is 1. The van der Waals surface area contributed by atoms with E-state index in [-0.39, 0.29) is 12.0 Å². The van der Waals surface area contributed by atoms with Gasteiger partial charge in [-0.2, -0.15) is 0 Å². The maximum Gasteiger partial charge on any atom is 0.338 e. The lowest BCUT2D eigenvalue weighted by molar-refractivity contribution is 0.0470. The van der Waals surface area contributed by atoms with Gasteiger partial charge in [0.2, 0.25) is 0 Å². The SMILES string of the molecule is Cc1ccccc1C(=O)OCc1c[nH]ccc1=O. The van der Waals surface area contributed by atoms with Gasteiger partial charge in [0, 0.05) is 18.5 Å². The number of benzene rings is 1. The van der Waals surface area contributed by atoms with Crippen LogP contribution in [-0.2, 0) is 11.3 Å². The van der Waals surface area contributed by atoms with Crippen LogP contribution < -0.4 is 5.43 Å². The van der Waals surface area contributed by atoms with Crippen LogP contribution in [0, 0.1) is 6.92 Å². The van der Waals surface area contributed by atoms with Gasteiger partial charge in [-0.25, -0.2) is 4.79 Å². The third kappa shape index (κ3) is 2.66. The van der Waals surface area contributed by atoms with Crippen molar-refractivity contribution in [3.8, 4) is 0 Å². The Kier molecular flexibility index (Phi) is 3.57. The zero-order valence-electron chi connectivity index (χ0n) is 9.97.